The summed E-state index contributed by atoms with van der Waals surface area (Å²) in [4.78, 5) is 23.6. The largest absolute Gasteiger partial charge is 0.480 e. The van der Waals surface area contributed by atoms with Crippen molar-refractivity contribution >= 4 is 33.2 Å². The Balaban J connectivity index is 1.50. The molecule has 4 rings (SSSR count). The number of aromatic nitrogens is 1. The van der Waals surface area contributed by atoms with E-state index in [-0.39, 0.29) is 27.1 Å². The Hall–Kier alpha value is -3.23. The summed E-state index contributed by atoms with van der Waals surface area (Å²) in [6.07, 6.45) is -3.92. The highest BCUT2D eigenvalue weighted by Gasteiger charge is 2.63. The SMILES string of the molecule is CNC(=O)CCc1ccc([C@@H]2C[C@@]2(NS(=O)(=O)c2ccc(-c3cc(C(F)(F)F)on3)s2)C(=O)O)cc1. The molecule has 14 heteroatoms. The van der Waals surface area contributed by atoms with Gasteiger partial charge in [-0.2, -0.15) is 17.9 Å². The Labute approximate surface area is 207 Å². The number of nitrogens with one attached hydrogen (secondary N) is 2. The number of aliphatic carboxylic acids is 1. The summed E-state index contributed by atoms with van der Waals surface area (Å²) in [6.45, 7) is 0. The summed E-state index contributed by atoms with van der Waals surface area (Å²) in [5, 5.41) is 15.7. The number of carbonyl (C=O) groups is 2. The van der Waals surface area contributed by atoms with Gasteiger partial charge in [-0.25, -0.2) is 8.42 Å². The number of halogens is 3. The minimum Gasteiger partial charge on any atom is -0.480 e. The van der Waals surface area contributed by atoms with Gasteiger partial charge in [-0.3, -0.25) is 9.59 Å². The molecule has 1 aliphatic rings. The van der Waals surface area contributed by atoms with Crippen LogP contribution in [-0.2, 0) is 32.2 Å². The predicted molar refractivity (Wildman–Crippen MR) is 122 cm³/mol. The van der Waals surface area contributed by atoms with E-state index in [0.717, 1.165) is 5.56 Å². The van der Waals surface area contributed by atoms with Crippen LogP contribution in [0.1, 0.15) is 35.6 Å². The van der Waals surface area contributed by atoms with Gasteiger partial charge in [0.2, 0.25) is 11.7 Å². The quantitative estimate of drug-likeness (QED) is 0.376. The van der Waals surface area contributed by atoms with E-state index in [2.05, 4.69) is 19.7 Å². The lowest BCUT2D eigenvalue weighted by Crippen LogP contribution is -2.44. The molecule has 0 saturated heterocycles. The number of aryl methyl sites for hydroxylation is 1. The normalized spacial score (nSPS) is 19.7. The van der Waals surface area contributed by atoms with Crippen LogP contribution in [0.25, 0.3) is 10.6 Å². The number of nitrogens with zero attached hydrogens (tertiary/aromatic N) is 1. The molecule has 0 radical (unpaired) electrons. The number of benzene rings is 1. The first-order chi connectivity index (χ1) is 16.9. The molecule has 0 bridgehead atoms. The van der Waals surface area contributed by atoms with Gasteiger partial charge >= 0.3 is 12.1 Å². The Bertz CT molecular complexity index is 1400. The van der Waals surface area contributed by atoms with Crippen molar-refractivity contribution < 1.29 is 40.8 Å². The van der Waals surface area contributed by atoms with E-state index in [4.69, 9.17) is 0 Å². The van der Waals surface area contributed by atoms with Gasteiger partial charge in [0.05, 0.1) is 4.88 Å². The van der Waals surface area contributed by atoms with E-state index in [1.54, 1.807) is 31.3 Å². The van der Waals surface area contributed by atoms with Crippen LogP contribution < -0.4 is 10.0 Å². The number of amides is 1. The predicted octanol–water partition coefficient (Wildman–Crippen LogP) is 3.39. The van der Waals surface area contributed by atoms with Gasteiger partial charge in [-0.1, -0.05) is 29.4 Å². The zero-order valence-corrected chi connectivity index (χ0v) is 20.3. The minimum atomic E-state index is -4.74. The highest BCUT2D eigenvalue weighted by atomic mass is 32.2. The van der Waals surface area contributed by atoms with Crippen molar-refractivity contribution in [2.24, 2.45) is 0 Å². The Morgan fingerprint density at radius 3 is 2.50 bits per heavy atom. The lowest BCUT2D eigenvalue weighted by atomic mass is 10.0. The summed E-state index contributed by atoms with van der Waals surface area (Å²) in [5.74, 6) is -3.40. The number of thiophene rings is 1. The molecule has 1 amide bonds. The van der Waals surface area contributed by atoms with Crippen LogP contribution in [-0.4, -0.2) is 43.1 Å². The zero-order valence-electron chi connectivity index (χ0n) is 18.6. The summed E-state index contributed by atoms with van der Waals surface area (Å²) < 4.78 is 70.5. The van der Waals surface area contributed by atoms with Crippen LogP contribution >= 0.6 is 11.3 Å². The van der Waals surface area contributed by atoms with Gasteiger partial charge in [0.1, 0.15) is 15.4 Å². The van der Waals surface area contributed by atoms with Crippen molar-refractivity contribution in [1.29, 1.82) is 0 Å². The van der Waals surface area contributed by atoms with Crippen molar-refractivity contribution in [3.8, 4) is 10.6 Å². The second-order valence-electron chi connectivity index (χ2n) is 8.25. The van der Waals surface area contributed by atoms with Crippen molar-refractivity contribution in [2.75, 3.05) is 7.05 Å². The molecule has 0 aliphatic heterocycles. The topological polar surface area (TPSA) is 139 Å². The molecule has 0 spiro atoms. The van der Waals surface area contributed by atoms with Gasteiger partial charge in [-0.15, -0.1) is 11.3 Å². The summed E-state index contributed by atoms with van der Waals surface area (Å²) >= 11 is 0.640. The Morgan fingerprint density at radius 2 is 1.92 bits per heavy atom. The van der Waals surface area contributed by atoms with Gasteiger partial charge in [0.15, 0.2) is 0 Å². The van der Waals surface area contributed by atoms with E-state index in [9.17, 15) is 36.3 Å². The first-order valence-corrected chi connectivity index (χ1v) is 12.9. The molecule has 3 N–H and O–H groups in total. The first-order valence-electron chi connectivity index (χ1n) is 10.6. The number of sulfonamides is 1. The van der Waals surface area contributed by atoms with E-state index in [0.29, 0.717) is 35.8 Å². The zero-order chi connectivity index (χ0) is 26.3. The summed E-state index contributed by atoms with van der Waals surface area (Å²) in [6, 6.07) is 10.0. The molecule has 2 atom stereocenters. The molecule has 1 fully saturated rings. The van der Waals surface area contributed by atoms with Crippen molar-refractivity contribution in [2.45, 2.75) is 41.1 Å². The maximum absolute atomic E-state index is 13.0. The number of alkyl halides is 3. The average Bonchev–Trinajstić information content (AvgIpc) is 3.19. The van der Waals surface area contributed by atoms with Gasteiger partial charge in [0, 0.05) is 25.5 Å². The number of hydrogen-bond donors (Lipinski definition) is 3. The lowest BCUT2D eigenvalue weighted by molar-refractivity contribution is -0.155. The smallest absolute Gasteiger partial charge is 0.452 e. The summed E-state index contributed by atoms with van der Waals surface area (Å²) in [5.41, 5.74) is -0.457. The fourth-order valence-electron chi connectivity index (χ4n) is 3.77. The molecule has 2 heterocycles. The molecule has 36 heavy (non-hydrogen) atoms. The molecule has 9 nitrogen and oxygen atoms in total. The number of carboxylic acid groups (broad SMARTS) is 1. The highest BCUT2D eigenvalue weighted by molar-refractivity contribution is 7.91. The third-order valence-electron chi connectivity index (χ3n) is 5.85. The van der Waals surface area contributed by atoms with E-state index in [1.807, 2.05) is 0 Å². The maximum atomic E-state index is 13.0. The molecule has 3 aromatic rings. The highest BCUT2D eigenvalue weighted by Crippen LogP contribution is 2.52. The minimum absolute atomic E-state index is 0.0234. The number of carboxylic acids is 1. The van der Waals surface area contributed by atoms with Crippen LogP contribution in [0, 0.1) is 0 Å². The number of carbonyl (C=O) groups excluding carboxylic acids is 1. The van der Waals surface area contributed by atoms with Crippen LogP contribution in [0.5, 0.6) is 0 Å². The van der Waals surface area contributed by atoms with E-state index in [1.165, 1.54) is 12.1 Å². The van der Waals surface area contributed by atoms with E-state index < -0.39 is 39.4 Å². The molecule has 2 aromatic heterocycles. The molecular weight excluding hydrogens is 523 g/mol. The third-order valence-corrected chi connectivity index (χ3v) is 8.96. The molecule has 1 aliphatic carbocycles. The summed E-state index contributed by atoms with van der Waals surface area (Å²) in [7, 11) is -2.77. The molecule has 1 saturated carbocycles. The maximum Gasteiger partial charge on any atom is 0.452 e. The lowest BCUT2D eigenvalue weighted by Gasteiger charge is -2.15. The molecule has 192 valence electrons. The average molecular weight is 544 g/mol. The molecule has 0 unspecified atom stereocenters. The van der Waals surface area contributed by atoms with Crippen molar-refractivity contribution in [3.63, 3.8) is 0 Å². The number of rotatable bonds is 9. The van der Waals surface area contributed by atoms with Crippen LogP contribution in [0.4, 0.5) is 13.2 Å². The number of hydrogen-bond acceptors (Lipinski definition) is 7. The second-order valence-corrected chi connectivity index (χ2v) is 11.2. The standard InChI is InChI=1S/C22H20F3N3O6S2/c1-26-18(29)8-4-12-2-5-13(6-3-12)14-11-21(14,20(30)31)28-36(32,33)19-9-7-16(35-19)15-10-17(34-27-15)22(23,24)25/h2-3,5-7,9-10,14,28H,4,8,11H2,1H3,(H,26,29)(H,30,31)/t14-,21-/m0/s1. The van der Waals surface area contributed by atoms with Gasteiger partial charge in [-0.05, 0) is 36.1 Å². The Morgan fingerprint density at radius 1 is 1.22 bits per heavy atom. The molecular formula is C22H20F3N3O6S2. The second kappa shape index (κ2) is 9.33. The third kappa shape index (κ3) is 5.15. The first kappa shape index (κ1) is 25.9. The van der Waals surface area contributed by atoms with Crippen LogP contribution in [0.3, 0.4) is 0 Å². The Kier molecular flexibility index (Phi) is 6.70. The monoisotopic (exact) mass is 543 g/mol. The van der Waals surface area contributed by atoms with Crippen molar-refractivity contribution in [3.05, 3.63) is 59.4 Å². The van der Waals surface area contributed by atoms with Gasteiger partial charge in [0.25, 0.3) is 10.0 Å². The van der Waals surface area contributed by atoms with Gasteiger partial charge < -0.3 is 14.9 Å². The van der Waals surface area contributed by atoms with Crippen LogP contribution in [0.2, 0.25) is 0 Å². The van der Waals surface area contributed by atoms with Crippen molar-refractivity contribution in [1.82, 2.24) is 15.2 Å². The molecule has 1 aromatic carbocycles. The fourth-order valence-corrected chi connectivity index (χ4v) is 6.44. The van der Waals surface area contributed by atoms with Crippen LogP contribution in [0.15, 0.2) is 51.2 Å². The van der Waals surface area contributed by atoms with E-state index >= 15 is 0 Å². The fraction of sp³-hybridized carbons (Fsp3) is 0.318.